The van der Waals surface area contributed by atoms with Crippen LogP contribution in [0.2, 0.25) is 0 Å². The highest BCUT2D eigenvalue weighted by Gasteiger charge is 2.27. The van der Waals surface area contributed by atoms with Gasteiger partial charge in [0.25, 0.3) is 0 Å². The van der Waals surface area contributed by atoms with Crippen LogP contribution in [0.1, 0.15) is 45.6 Å². The second kappa shape index (κ2) is 9.87. The number of rotatable bonds is 9. The zero-order valence-corrected chi connectivity index (χ0v) is 14.6. The van der Waals surface area contributed by atoms with E-state index in [9.17, 15) is 9.59 Å². The predicted octanol–water partition coefficient (Wildman–Crippen LogP) is 2.74. The first-order valence-electron chi connectivity index (χ1n) is 8.27. The van der Waals surface area contributed by atoms with Crippen LogP contribution in [0.4, 0.5) is 0 Å². The van der Waals surface area contributed by atoms with Crippen LogP contribution in [0, 0.1) is 0 Å². The van der Waals surface area contributed by atoms with Crippen LogP contribution in [-0.2, 0) is 16.1 Å². The van der Waals surface area contributed by atoms with Crippen LogP contribution in [0.3, 0.4) is 0 Å². The summed E-state index contributed by atoms with van der Waals surface area (Å²) in [6.07, 6.45) is 1.84. The number of ether oxygens (including phenoxy) is 1. The fourth-order valence-electron chi connectivity index (χ4n) is 2.46. The Morgan fingerprint density at radius 2 is 2.00 bits per heavy atom. The normalized spacial score (nSPS) is 11.7. The molecule has 0 saturated carbocycles. The first-order chi connectivity index (χ1) is 11.1. The van der Waals surface area contributed by atoms with Crippen molar-refractivity contribution in [2.75, 3.05) is 13.7 Å². The quantitative estimate of drug-likeness (QED) is 0.761. The van der Waals surface area contributed by atoms with Gasteiger partial charge in [-0.05, 0) is 30.5 Å². The number of nitrogens with one attached hydrogen (secondary N) is 1. The maximum Gasteiger partial charge on any atom is 0.242 e. The van der Waals surface area contributed by atoms with Crippen molar-refractivity contribution >= 4 is 11.8 Å². The number of hydrogen-bond acceptors (Lipinski definition) is 3. The fraction of sp³-hybridized carbons (Fsp3) is 0.556. The van der Waals surface area contributed by atoms with Gasteiger partial charge in [-0.25, -0.2) is 0 Å². The van der Waals surface area contributed by atoms with Crippen LogP contribution < -0.4 is 10.1 Å². The van der Waals surface area contributed by atoms with Crippen molar-refractivity contribution in [2.45, 2.75) is 52.6 Å². The molecule has 1 aromatic rings. The van der Waals surface area contributed by atoms with E-state index in [0.29, 0.717) is 25.9 Å². The van der Waals surface area contributed by atoms with Crippen molar-refractivity contribution in [1.29, 1.82) is 0 Å². The standard InChI is InChI=1S/C18H28N2O3/c1-5-11-19-18(22)16(6-2)20(17(21)7-3)13-14-9-8-10-15(12-14)23-4/h8-10,12,16H,5-7,11,13H2,1-4H3,(H,19,22). The van der Waals surface area contributed by atoms with E-state index in [2.05, 4.69) is 5.32 Å². The zero-order chi connectivity index (χ0) is 17.2. The number of carbonyl (C=O) groups excluding carboxylic acids is 2. The highest BCUT2D eigenvalue weighted by molar-refractivity contribution is 5.87. The summed E-state index contributed by atoms with van der Waals surface area (Å²) >= 11 is 0. The van der Waals surface area contributed by atoms with Gasteiger partial charge in [0.15, 0.2) is 0 Å². The Bertz CT molecular complexity index is 517. The molecule has 0 fully saturated rings. The van der Waals surface area contributed by atoms with Gasteiger partial charge < -0.3 is 15.0 Å². The van der Waals surface area contributed by atoms with E-state index in [1.54, 1.807) is 12.0 Å². The average Bonchev–Trinajstić information content (AvgIpc) is 2.59. The Morgan fingerprint density at radius 3 is 2.57 bits per heavy atom. The molecule has 0 spiro atoms. The van der Waals surface area contributed by atoms with Crippen molar-refractivity contribution in [3.63, 3.8) is 0 Å². The average molecular weight is 320 g/mol. The minimum atomic E-state index is -0.444. The van der Waals surface area contributed by atoms with Gasteiger partial charge in [-0.2, -0.15) is 0 Å². The monoisotopic (exact) mass is 320 g/mol. The highest BCUT2D eigenvalue weighted by atomic mass is 16.5. The minimum absolute atomic E-state index is 0.0219. The summed E-state index contributed by atoms with van der Waals surface area (Å²) in [5, 5.41) is 2.89. The van der Waals surface area contributed by atoms with Crippen molar-refractivity contribution in [2.24, 2.45) is 0 Å². The van der Waals surface area contributed by atoms with Gasteiger partial charge in [0, 0.05) is 19.5 Å². The molecular weight excluding hydrogens is 292 g/mol. The first kappa shape index (κ1) is 19.0. The maximum absolute atomic E-state index is 12.4. The maximum atomic E-state index is 12.4. The van der Waals surface area contributed by atoms with Crippen molar-refractivity contribution in [3.8, 4) is 5.75 Å². The van der Waals surface area contributed by atoms with Crippen LogP contribution in [0.5, 0.6) is 5.75 Å². The van der Waals surface area contributed by atoms with E-state index in [-0.39, 0.29) is 11.8 Å². The van der Waals surface area contributed by atoms with Gasteiger partial charge in [0.1, 0.15) is 11.8 Å². The predicted molar refractivity (Wildman–Crippen MR) is 91.2 cm³/mol. The second-order valence-electron chi connectivity index (χ2n) is 5.44. The number of benzene rings is 1. The van der Waals surface area contributed by atoms with E-state index in [0.717, 1.165) is 17.7 Å². The third kappa shape index (κ3) is 5.58. The molecule has 5 nitrogen and oxygen atoms in total. The van der Waals surface area contributed by atoms with E-state index in [1.807, 2.05) is 45.0 Å². The zero-order valence-electron chi connectivity index (χ0n) is 14.6. The fourth-order valence-corrected chi connectivity index (χ4v) is 2.46. The summed E-state index contributed by atoms with van der Waals surface area (Å²) in [6.45, 7) is 6.78. The Labute approximate surface area is 139 Å². The SMILES string of the molecule is CCCNC(=O)C(CC)N(Cc1cccc(OC)c1)C(=O)CC. The van der Waals surface area contributed by atoms with Gasteiger partial charge in [0.05, 0.1) is 7.11 Å². The summed E-state index contributed by atoms with van der Waals surface area (Å²) < 4.78 is 5.23. The molecule has 2 amide bonds. The number of methoxy groups -OCH3 is 1. The molecule has 0 aliphatic rings. The Kier molecular flexibility index (Phi) is 8.16. The molecule has 1 rings (SSSR count). The molecule has 1 unspecified atom stereocenters. The van der Waals surface area contributed by atoms with Gasteiger partial charge in [-0.15, -0.1) is 0 Å². The Hall–Kier alpha value is -2.04. The van der Waals surface area contributed by atoms with Gasteiger partial charge in [0.2, 0.25) is 11.8 Å². The lowest BCUT2D eigenvalue weighted by Crippen LogP contribution is -2.49. The van der Waals surface area contributed by atoms with Crippen LogP contribution in [0.25, 0.3) is 0 Å². The Morgan fingerprint density at radius 1 is 1.26 bits per heavy atom. The lowest BCUT2D eigenvalue weighted by Gasteiger charge is -2.30. The Balaban J connectivity index is 2.97. The molecule has 1 atom stereocenters. The lowest BCUT2D eigenvalue weighted by molar-refractivity contribution is -0.141. The molecule has 23 heavy (non-hydrogen) atoms. The van der Waals surface area contributed by atoms with Gasteiger partial charge >= 0.3 is 0 Å². The molecule has 0 bridgehead atoms. The van der Waals surface area contributed by atoms with Crippen molar-refractivity contribution in [1.82, 2.24) is 10.2 Å². The van der Waals surface area contributed by atoms with Gasteiger partial charge in [-0.1, -0.05) is 32.9 Å². The molecular formula is C18H28N2O3. The molecule has 0 aliphatic heterocycles. The van der Waals surface area contributed by atoms with Crippen LogP contribution >= 0.6 is 0 Å². The summed E-state index contributed by atoms with van der Waals surface area (Å²) in [5.41, 5.74) is 0.952. The highest BCUT2D eigenvalue weighted by Crippen LogP contribution is 2.17. The molecule has 1 aromatic carbocycles. The molecule has 0 radical (unpaired) electrons. The first-order valence-corrected chi connectivity index (χ1v) is 8.27. The molecule has 5 heteroatoms. The summed E-state index contributed by atoms with van der Waals surface area (Å²) in [7, 11) is 1.61. The van der Waals surface area contributed by atoms with E-state index < -0.39 is 6.04 Å². The largest absolute Gasteiger partial charge is 0.497 e. The van der Waals surface area contributed by atoms with E-state index in [1.165, 1.54) is 0 Å². The molecule has 0 saturated heterocycles. The van der Waals surface area contributed by atoms with E-state index in [4.69, 9.17) is 4.74 Å². The molecule has 0 aliphatic carbocycles. The molecule has 128 valence electrons. The summed E-state index contributed by atoms with van der Waals surface area (Å²) in [5.74, 6) is 0.639. The van der Waals surface area contributed by atoms with Crippen LogP contribution in [-0.4, -0.2) is 36.4 Å². The number of amides is 2. The summed E-state index contributed by atoms with van der Waals surface area (Å²) in [6, 6.07) is 7.14. The van der Waals surface area contributed by atoms with Crippen molar-refractivity contribution in [3.05, 3.63) is 29.8 Å². The molecule has 0 aromatic heterocycles. The molecule has 1 N–H and O–H groups in total. The second-order valence-corrected chi connectivity index (χ2v) is 5.44. The van der Waals surface area contributed by atoms with E-state index >= 15 is 0 Å². The topological polar surface area (TPSA) is 58.6 Å². The van der Waals surface area contributed by atoms with Gasteiger partial charge in [-0.3, -0.25) is 9.59 Å². The molecule has 0 heterocycles. The smallest absolute Gasteiger partial charge is 0.242 e. The number of carbonyl (C=O) groups is 2. The third-order valence-electron chi connectivity index (χ3n) is 3.72. The number of hydrogen-bond donors (Lipinski definition) is 1. The lowest BCUT2D eigenvalue weighted by atomic mass is 10.1. The van der Waals surface area contributed by atoms with Crippen molar-refractivity contribution < 1.29 is 14.3 Å². The number of nitrogens with zero attached hydrogens (tertiary/aromatic N) is 1. The minimum Gasteiger partial charge on any atom is -0.497 e. The summed E-state index contributed by atoms with van der Waals surface area (Å²) in [4.78, 5) is 26.4. The van der Waals surface area contributed by atoms with Crippen LogP contribution in [0.15, 0.2) is 24.3 Å². The third-order valence-corrected chi connectivity index (χ3v) is 3.72.